The monoisotopic (exact) mass is 452 g/mol. The molecule has 0 fully saturated rings. The summed E-state index contributed by atoms with van der Waals surface area (Å²) in [6.45, 7) is 2.09. The third-order valence-corrected chi connectivity index (χ3v) is 6.60. The summed E-state index contributed by atoms with van der Waals surface area (Å²) in [6.07, 6.45) is 7.33. The molecule has 0 aromatic carbocycles. The summed E-state index contributed by atoms with van der Waals surface area (Å²) in [7, 11) is 4.00. The number of anilines is 1. The number of H-pyrrole nitrogens is 2. The molecule has 0 aliphatic carbocycles. The Hall–Kier alpha value is -4.11. The molecule has 0 aliphatic rings. The summed E-state index contributed by atoms with van der Waals surface area (Å²) in [5.74, 6) is 0.679. The molecular weight excluding hydrogens is 432 g/mol. The Bertz CT molecular complexity index is 1620. The van der Waals surface area contributed by atoms with E-state index >= 15 is 0 Å². The molecular formula is C24H20N8S. The van der Waals surface area contributed by atoms with Gasteiger partial charge in [0.25, 0.3) is 0 Å². The van der Waals surface area contributed by atoms with E-state index < -0.39 is 0 Å². The van der Waals surface area contributed by atoms with Crippen LogP contribution in [0.5, 0.6) is 0 Å². The molecule has 6 heterocycles. The second-order valence-electron chi connectivity index (χ2n) is 8.07. The number of rotatable bonds is 4. The molecule has 33 heavy (non-hydrogen) atoms. The lowest BCUT2D eigenvalue weighted by Gasteiger charge is -2.12. The molecule has 0 saturated heterocycles. The Morgan fingerprint density at radius 2 is 1.82 bits per heavy atom. The molecule has 0 radical (unpaired) electrons. The van der Waals surface area contributed by atoms with Crippen LogP contribution >= 0.6 is 11.3 Å². The number of aromatic nitrogens is 7. The summed E-state index contributed by atoms with van der Waals surface area (Å²) >= 11 is 1.71. The van der Waals surface area contributed by atoms with Gasteiger partial charge in [0.05, 0.1) is 27.7 Å². The van der Waals surface area contributed by atoms with Crippen molar-refractivity contribution < 1.29 is 0 Å². The van der Waals surface area contributed by atoms with E-state index in [4.69, 9.17) is 4.98 Å². The first-order valence-electron chi connectivity index (χ1n) is 10.5. The molecule has 6 aromatic heterocycles. The van der Waals surface area contributed by atoms with Crippen molar-refractivity contribution in [1.82, 2.24) is 35.1 Å². The van der Waals surface area contributed by atoms with Crippen molar-refractivity contribution in [2.75, 3.05) is 19.0 Å². The maximum atomic E-state index is 4.89. The van der Waals surface area contributed by atoms with E-state index in [1.807, 2.05) is 49.8 Å². The summed E-state index contributed by atoms with van der Waals surface area (Å²) in [5, 5.41) is 8.45. The van der Waals surface area contributed by atoms with E-state index in [-0.39, 0.29) is 0 Å². The number of thiophene rings is 1. The van der Waals surface area contributed by atoms with Crippen LogP contribution in [-0.2, 0) is 0 Å². The Labute approximate surface area is 193 Å². The number of imidazole rings is 1. The van der Waals surface area contributed by atoms with Crippen LogP contribution in [0.2, 0.25) is 0 Å². The molecule has 6 aromatic rings. The second-order valence-corrected chi connectivity index (χ2v) is 9.36. The topological polar surface area (TPSA) is 99.3 Å². The van der Waals surface area contributed by atoms with E-state index in [1.54, 1.807) is 11.3 Å². The number of fused-ring (bicyclic) bond motifs is 2. The average Bonchev–Trinajstić information content (AvgIpc) is 3.55. The highest BCUT2D eigenvalue weighted by molar-refractivity contribution is 7.15. The van der Waals surface area contributed by atoms with Gasteiger partial charge in [-0.05, 0) is 37.3 Å². The highest BCUT2D eigenvalue weighted by Crippen LogP contribution is 2.34. The largest absolute Gasteiger partial charge is 0.376 e. The molecule has 0 aliphatic heterocycles. The van der Waals surface area contributed by atoms with Crippen molar-refractivity contribution in [2.24, 2.45) is 0 Å². The number of hydrogen-bond acceptors (Lipinski definition) is 7. The highest BCUT2D eigenvalue weighted by Gasteiger charge is 2.17. The summed E-state index contributed by atoms with van der Waals surface area (Å²) in [5.41, 5.74) is 7.04. The van der Waals surface area contributed by atoms with Crippen molar-refractivity contribution >= 4 is 39.1 Å². The fraction of sp³-hybridized carbons (Fsp3) is 0.125. The minimum absolute atomic E-state index is 0.679. The third kappa shape index (κ3) is 3.33. The van der Waals surface area contributed by atoms with E-state index in [1.165, 1.54) is 4.88 Å². The maximum absolute atomic E-state index is 4.89. The van der Waals surface area contributed by atoms with E-state index in [0.29, 0.717) is 11.5 Å². The third-order valence-electron chi connectivity index (χ3n) is 5.59. The molecule has 9 heteroatoms. The van der Waals surface area contributed by atoms with Crippen LogP contribution in [0.15, 0.2) is 55.1 Å². The van der Waals surface area contributed by atoms with Crippen molar-refractivity contribution in [3.05, 3.63) is 60.0 Å². The van der Waals surface area contributed by atoms with Gasteiger partial charge in [-0.15, -0.1) is 11.3 Å². The van der Waals surface area contributed by atoms with Gasteiger partial charge in [0.1, 0.15) is 16.9 Å². The van der Waals surface area contributed by atoms with E-state index in [2.05, 4.69) is 61.3 Å². The van der Waals surface area contributed by atoms with Crippen LogP contribution in [0.4, 0.5) is 5.69 Å². The maximum Gasteiger partial charge on any atom is 0.159 e. The van der Waals surface area contributed by atoms with Gasteiger partial charge in [0.15, 0.2) is 11.5 Å². The Morgan fingerprint density at radius 3 is 2.64 bits per heavy atom. The van der Waals surface area contributed by atoms with Gasteiger partial charge >= 0.3 is 0 Å². The number of nitrogens with one attached hydrogen (secondary N) is 2. The van der Waals surface area contributed by atoms with Crippen LogP contribution in [0.25, 0.3) is 55.3 Å². The molecule has 6 rings (SSSR count). The van der Waals surface area contributed by atoms with Gasteiger partial charge in [-0.1, -0.05) is 0 Å². The SMILES string of the molecule is Cc1ccc(-c2nccc3[nH]c(-c4n[nH]c5ncc(-c6cncc(N(C)C)c6)cc45)nc23)s1. The lowest BCUT2D eigenvalue weighted by molar-refractivity contribution is 1.09. The average molecular weight is 453 g/mol. The summed E-state index contributed by atoms with van der Waals surface area (Å²) < 4.78 is 0. The van der Waals surface area contributed by atoms with Crippen LogP contribution in [0, 0.1) is 6.92 Å². The molecule has 0 spiro atoms. The van der Waals surface area contributed by atoms with Crippen molar-refractivity contribution in [3.8, 4) is 33.2 Å². The van der Waals surface area contributed by atoms with E-state index in [9.17, 15) is 0 Å². The Balaban J connectivity index is 1.48. The van der Waals surface area contributed by atoms with Gasteiger partial charge in [0.2, 0.25) is 0 Å². The number of aryl methyl sites for hydroxylation is 1. The fourth-order valence-electron chi connectivity index (χ4n) is 3.86. The molecule has 0 saturated carbocycles. The van der Waals surface area contributed by atoms with Gasteiger partial charge in [-0.3, -0.25) is 15.1 Å². The van der Waals surface area contributed by atoms with E-state index in [0.717, 1.165) is 49.5 Å². The lowest BCUT2D eigenvalue weighted by atomic mass is 10.1. The number of hydrogen-bond donors (Lipinski definition) is 2. The van der Waals surface area contributed by atoms with Gasteiger partial charge in [0, 0.05) is 48.7 Å². The standard InChI is InChI=1S/C24H20N8S/c1-13-4-5-19(33-13)22-21-18(6-7-26-22)28-24(29-21)20-17-9-15(11-27-23(17)31-30-20)14-8-16(32(2)3)12-25-10-14/h4-12H,1-3H3,(H,28,29)(H,27,30,31). The first-order valence-corrected chi connectivity index (χ1v) is 11.3. The molecule has 2 N–H and O–H groups in total. The number of pyridine rings is 3. The molecule has 0 atom stereocenters. The zero-order chi connectivity index (χ0) is 22.5. The zero-order valence-electron chi connectivity index (χ0n) is 18.3. The smallest absolute Gasteiger partial charge is 0.159 e. The molecule has 0 amide bonds. The summed E-state index contributed by atoms with van der Waals surface area (Å²) in [4.78, 5) is 26.2. The normalized spacial score (nSPS) is 11.5. The molecule has 8 nitrogen and oxygen atoms in total. The van der Waals surface area contributed by atoms with Gasteiger partial charge in [-0.25, -0.2) is 9.97 Å². The van der Waals surface area contributed by atoms with Crippen LogP contribution < -0.4 is 4.90 Å². The Morgan fingerprint density at radius 1 is 0.939 bits per heavy atom. The molecule has 162 valence electrons. The number of nitrogens with zero attached hydrogens (tertiary/aromatic N) is 6. The fourth-order valence-corrected chi connectivity index (χ4v) is 4.73. The minimum atomic E-state index is 0.679. The predicted molar refractivity (Wildman–Crippen MR) is 132 cm³/mol. The van der Waals surface area contributed by atoms with Crippen molar-refractivity contribution in [2.45, 2.75) is 6.92 Å². The van der Waals surface area contributed by atoms with Crippen LogP contribution in [0.3, 0.4) is 0 Å². The molecule has 0 unspecified atom stereocenters. The Kier molecular flexibility index (Phi) is 4.44. The van der Waals surface area contributed by atoms with Gasteiger partial charge in [-0.2, -0.15) is 5.10 Å². The highest BCUT2D eigenvalue weighted by atomic mass is 32.1. The quantitative estimate of drug-likeness (QED) is 0.388. The lowest BCUT2D eigenvalue weighted by Crippen LogP contribution is -2.08. The first-order chi connectivity index (χ1) is 16.1. The number of aromatic amines is 2. The minimum Gasteiger partial charge on any atom is -0.376 e. The zero-order valence-corrected chi connectivity index (χ0v) is 19.1. The van der Waals surface area contributed by atoms with Gasteiger partial charge < -0.3 is 9.88 Å². The van der Waals surface area contributed by atoms with Crippen molar-refractivity contribution in [3.63, 3.8) is 0 Å². The second kappa shape index (κ2) is 7.49. The van der Waals surface area contributed by atoms with Crippen LogP contribution in [0.1, 0.15) is 4.88 Å². The summed E-state index contributed by atoms with van der Waals surface area (Å²) in [6, 6.07) is 10.3. The first kappa shape index (κ1) is 19.6. The predicted octanol–water partition coefficient (Wildman–Crippen LogP) is 5.06. The van der Waals surface area contributed by atoms with Crippen molar-refractivity contribution in [1.29, 1.82) is 0 Å². The van der Waals surface area contributed by atoms with Crippen LogP contribution in [-0.4, -0.2) is 49.2 Å². The molecule has 0 bridgehead atoms.